The van der Waals surface area contributed by atoms with E-state index in [0.717, 1.165) is 44.1 Å². The quantitative estimate of drug-likeness (QED) is 0.597. The number of benzene rings is 1. The van der Waals surface area contributed by atoms with Crippen molar-refractivity contribution in [3.05, 3.63) is 53.5 Å². The first-order valence-electron chi connectivity index (χ1n) is 9.88. The summed E-state index contributed by atoms with van der Waals surface area (Å²) in [6.07, 6.45) is 1.59. The molecule has 0 spiro atoms. The molecular formula is C21H24F2N5O2S+. The lowest BCUT2D eigenvalue weighted by atomic mass is 10.1. The smallest absolute Gasteiger partial charge is 0.291 e. The van der Waals surface area contributed by atoms with Crippen molar-refractivity contribution in [3.8, 4) is 11.1 Å². The Kier molecular flexibility index (Phi) is 5.63. The highest BCUT2D eigenvalue weighted by molar-refractivity contribution is 7.98. The van der Waals surface area contributed by atoms with E-state index in [1.165, 1.54) is 11.6 Å². The van der Waals surface area contributed by atoms with Gasteiger partial charge in [-0.15, -0.1) is 0 Å². The molecule has 31 heavy (non-hydrogen) atoms. The first-order chi connectivity index (χ1) is 14.7. The molecule has 1 atom stereocenters. The Labute approximate surface area is 180 Å². The van der Waals surface area contributed by atoms with E-state index in [9.17, 15) is 8.76 Å². The summed E-state index contributed by atoms with van der Waals surface area (Å²) in [6.45, 7) is 6.37. The van der Waals surface area contributed by atoms with Gasteiger partial charge in [-0.3, -0.25) is 4.68 Å². The summed E-state index contributed by atoms with van der Waals surface area (Å²) in [7, 11) is -2.57. The first-order valence-corrected chi connectivity index (χ1v) is 11.4. The van der Waals surface area contributed by atoms with Gasteiger partial charge in [0, 0.05) is 39.4 Å². The van der Waals surface area contributed by atoms with Crippen LogP contribution >= 0.6 is 0 Å². The number of pyridine rings is 1. The molecule has 0 aliphatic carbocycles. The fraction of sp³-hybridized carbons (Fsp3) is 0.333. The SMILES string of the molecule is Cc1nn(C)c(C)c1[S+](=O)(O)c1c(F)cc(-c2ccnc(N3CCNCC3)c2)cc1F. The minimum Gasteiger partial charge on any atom is -0.354 e. The van der Waals surface area contributed by atoms with Crippen LogP contribution in [0.2, 0.25) is 0 Å². The maximum Gasteiger partial charge on any atom is 0.291 e. The third-order valence-electron chi connectivity index (χ3n) is 5.51. The number of rotatable bonds is 4. The third kappa shape index (κ3) is 3.86. The molecule has 1 fully saturated rings. The summed E-state index contributed by atoms with van der Waals surface area (Å²) >= 11 is 0. The number of hydrogen-bond acceptors (Lipinski definition) is 5. The second kappa shape index (κ2) is 8.10. The zero-order chi connectivity index (χ0) is 22.3. The van der Waals surface area contributed by atoms with Crippen molar-refractivity contribution in [3.63, 3.8) is 0 Å². The Balaban J connectivity index is 1.75. The van der Waals surface area contributed by atoms with Crippen LogP contribution in [-0.4, -0.2) is 45.5 Å². The van der Waals surface area contributed by atoms with E-state index in [1.807, 2.05) is 0 Å². The van der Waals surface area contributed by atoms with Gasteiger partial charge in [0.2, 0.25) is 4.90 Å². The first kappa shape index (κ1) is 21.5. The van der Waals surface area contributed by atoms with Crippen LogP contribution in [0.1, 0.15) is 11.4 Å². The predicted molar refractivity (Wildman–Crippen MR) is 115 cm³/mol. The molecule has 1 aliphatic rings. The topological polar surface area (TPSA) is 83.3 Å². The van der Waals surface area contributed by atoms with Crippen LogP contribution in [0, 0.1) is 25.5 Å². The van der Waals surface area contributed by atoms with Crippen LogP contribution in [0.25, 0.3) is 11.1 Å². The molecule has 1 unspecified atom stereocenters. The van der Waals surface area contributed by atoms with Gasteiger partial charge in [-0.05, 0) is 49.2 Å². The molecule has 0 saturated carbocycles. The minimum absolute atomic E-state index is 0.0644. The molecule has 0 amide bonds. The van der Waals surface area contributed by atoms with Gasteiger partial charge in [-0.25, -0.2) is 13.8 Å². The normalized spacial score (nSPS) is 16.4. The van der Waals surface area contributed by atoms with Gasteiger partial charge in [0.05, 0.1) is 5.69 Å². The molecule has 1 saturated heterocycles. The fourth-order valence-corrected chi connectivity index (χ4v) is 5.74. The largest absolute Gasteiger partial charge is 0.354 e. The van der Waals surface area contributed by atoms with Crippen molar-refractivity contribution in [2.24, 2.45) is 7.05 Å². The monoisotopic (exact) mass is 448 g/mol. The second-order valence-corrected chi connectivity index (χ2v) is 9.43. The molecular weight excluding hydrogens is 424 g/mol. The summed E-state index contributed by atoms with van der Waals surface area (Å²) in [5, 5.41) is 7.36. The van der Waals surface area contributed by atoms with E-state index in [1.54, 1.807) is 32.3 Å². The van der Waals surface area contributed by atoms with Crippen LogP contribution in [-0.2, 0) is 21.5 Å². The second-order valence-electron chi connectivity index (χ2n) is 7.56. The molecule has 1 aliphatic heterocycles. The van der Waals surface area contributed by atoms with E-state index < -0.39 is 26.7 Å². The number of aromatic nitrogens is 3. The van der Waals surface area contributed by atoms with Gasteiger partial charge in [0.15, 0.2) is 11.6 Å². The molecule has 7 nitrogen and oxygen atoms in total. The third-order valence-corrected chi connectivity index (χ3v) is 7.60. The fourth-order valence-electron chi connectivity index (χ4n) is 3.91. The van der Waals surface area contributed by atoms with Crippen LogP contribution < -0.4 is 10.2 Å². The zero-order valence-corrected chi connectivity index (χ0v) is 18.3. The standard InChI is InChI=1S/C21H23F2N5O2S/c1-13-20(14(2)27(3)26-13)31(29,30)21-17(22)10-16(11-18(21)23)15-4-5-25-19(12-15)28-8-6-24-7-9-28/h4-5,10-12,24H,6-9H2,1-3H3/p+1. The highest BCUT2D eigenvalue weighted by Crippen LogP contribution is 2.36. The number of hydrogen-bond donors (Lipinski definition) is 2. The average Bonchev–Trinajstić information content (AvgIpc) is 3.00. The summed E-state index contributed by atoms with van der Waals surface area (Å²) < 4.78 is 55.5. The van der Waals surface area contributed by atoms with E-state index in [0.29, 0.717) is 11.3 Å². The van der Waals surface area contributed by atoms with E-state index in [4.69, 9.17) is 0 Å². The molecule has 164 valence electrons. The molecule has 1 aromatic carbocycles. The Bertz CT molecular complexity index is 1170. The molecule has 3 aromatic rings. The Morgan fingerprint density at radius 3 is 2.29 bits per heavy atom. The summed E-state index contributed by atoms with van der Waals surface area (Å²) in [6, 6.07) is 5.61. The number of piperazine rings is 1. The van der Waals surface area contributed by atoms with Gasteiger partial charge in [0.1, 0.15) is 11.5 Å². The van der Waals surface area contributed by atoms with Gasteiger partial charge in [-0.1, -0.05) is 4.21 Å². The molecule has 2 aromatic heterocycles. The molecule has 0 radical (unpaired) electrons. The average molecular weight is 449 g/mol. The number of nitrogens with one attached hydrogen (secondary N) is 1. The van der Waals surface area contributed by atoms with Crippen molar-refractivity contribution in [2.45, 2.75) is 23.6 Å². The molecule has 4 rings (SSSR count). The van der Waals surface area contributed by atoms with Crippen LogP contribution in [0.3, 0.4) is 0 Å². The van der Waals surface area contributed by atoms with Crippen LogP contribution in [0.15, 0.2) is 40.3 Å². The Morgan fingerprint density at radius 2 is 1.71 bits per heavy atom. The van der Waals surface area contributed by atoms with Crippen molar-refractivity contribution >= 4 is 16.0 Å². The number of anilines is 1. The lowest BCUT2D eigenvalue weighted by Crippen LogP contribution is -2.43. The van der Waals surface area contributed by atoms with Gasteiger partial charge >= 0.3 is 0 Å². The van der Waals surface area contributed by atoms with Gasteiger partial charge < -0.3 is 10.2 Å². The van der Waals surface area contributed by atoms with E-state index in [2.05, 4.69) is 20.3 Å². The van der Waals surface area contributed by atoms with Gasteiger partial charge in [-0.2, -0.15) is 9.65 Å². The molecule has 2 N–H and O–H groups in total. The van der Waals surface area contributed by atoms with Crippen molar-refractivity contribution in [1.29, 1.82) is 0 Å². The van der Waals surface area contributed by atoms with Crippen LogP contribution in [0.5, 0.6) is 0 Å². The lowest BCUT2D eigenvalue weighted by molar-refractivity contribution is 0.468. The molecule has 10 heteroatoms. The number of nitrogens with zero attached hydrogens (tertiary/aromatic N) is 4. The summed E-state index contributed by atoms with van der Waals surface area (Å²) in [4.78, 5) is 5.54. The Hall–Kier alpha value is -2.69. The zero-order valence-electron chi connectivity index (χ0n) is 17.5. The molecule has 0 bridgehead atoms. The van der Waals surface area contributed by atoms with Crippen molar-refractivity contribution in [2.75, 3.05) is 31.1 Å². The van der Waals surface area contributed by atoms with Gasteiger partial charge in [0.25, 0.3) is 15.1 Å². The molecule has 3 heterocycles. The maximum absolute atomic E-state index is 15.1. The Morgan fingerprint density at radius 1 is 1.06 bits per heavy atom. The van der Waals surface area contributed by atoms with Crippen molar-refractivity contribution in [1.82, 2.24) is 20.1 Å². The summed E-state index contributed by atoms with van der Waals surface area (Å²) in [5.74, 6) is -1.44. The van der Waals surface area contributed by atoms with Crippen molar-refractivity contribution < 1.29 is 17.5 Å². The lowest BCUT2D eigenvalue weighted by Gasteiger charge is -2.28. The minimum atomic E-state index is -4.18. The highest BCUT2D eigenvalue weighted by Gasteiger charge is 2.44. The highest BCUT2D eigenvalue weighted by atomic mass is 32.3. The van der Waals surface area contributed by atoms with E-state index in [-0.39, 0.29) is 16.2 Å². The number of halogens is 2. The van der Waals surface area contributed by atoms with Crippen LogP contribution in [0.4, 0.5) is 14.6 Å². The maximum atomic E-state index is 15.1. The number of aryl methyl sites for hydroxylation is 2. The predicted octanol–water partition coefficient (Wildman–Crippen LogP) is 3.18. The van der Waals surface area contributed by atoms with E-state index >= 15 is 8.78 Å². The summed E-state index contributed by atoms with van der Waals surface area (Å²) in [5.41, 5.74) is 1.48.